The molecule has 1 saturated heterocycles. The first-order valence-electron chi connectivity index (χ1n) is 10.4. The Morgan fingerprint density at radius 3 is 2.69 bits per heavy atom. The fourth-order valence-corrected chi connectivity index (χ4v) is 4.49. The minimum atomic E-state index is -1.27. The van der Waals surface area contributed by atoms with E-state index >= 15 is 0 Å². The van der Waals surface area contributed by atoms with Crippen LogP contribution in [0.15, 0.2) is 18.2 Å². The third-order valence-electron chi connectivity index (χ3n) is 6.75. The number of halogens is 1. The summed E-state index contributed by atoms with van der Waals surface area (Å²) in [7, 11) is 0. The zero-order valence-corrected chi connectivity index (χ0v) is 16.2. The monoisotopic (exact) mass is 397 g/mol. The number of anilines is 1. The van der Waals surface area contributed by atoms with E-state index in [-0.39, 0.29) is 17.4 Å². The molecule has 4 aliphatic rings. The van der Waals surface area contributed by atoms with Crippen molar-refractivity contribution >= 4 is 5.82 Å². The van der Waals surface area contributed by atoms with Crippen molar-refractivity contribution in [3.05, 3.63) is 34.9 Å². The Bertz CT molecular complexity index is 982. The van der Waals surface area contributed by atoms with E-state index in [0.29, 0.717) is 42.9 Å². The molecule has 2 N–H and O–H groups in total. The molecule has 0 amide bonds. The van der Waals surface area contributed by atoms with E-state index in [9.17, 15) is 9.50 Å². The Morgan fingerprint density at radius 1 is 1.14 bits per heavy atom. The summed E-state index contributed by atoms with van der Waals surface area (Å²) < 4.78 is 26.0. The molecule has 2 aliphatic carbocycles. The van der Waals surface area contributed by atoms with E-state index in [2.05, 4.69) is 15.5 Å². The van der Waals surface area contributed by atoms with Crippen molar-refractivity contribution < 1.29 is 19.0 Å². The molecule has 0 bridgehead atoms. The summed E-state index contributed by atoms with van der Waals surface area (Å²) in [5, 5.41) is 23.1. The predicted molar refractivity (Wildman–Crippen MR) is 104 cm³/mol. The lowest BCUT2D eigenvalue weighted by Crippen LogP contribution is -2.28. The Kier molecular flexibility index (Phi) is 3.72. The van der Waals surface area contributed by atoms with E-state index in [4.69, 9.17) is 9.47 Å². The first-order chi connectivity index (χ1) is 14.1. The van der Waals surface area contributed by atoms with Crippen molar-refractivity contribution in [3.8, 4) is 17.0 Å². The minimum Gasteiger partial charge on any atom is -0.507 e. The molecule has 1 unspecified atom stereocenters. The van der Waals surface area contributed by atoms with Gasteiger partial charge in [-0.25, -0.2) is 4.39 Å². The van der Waals surface area contributed by atoms with Crippen LogP contribution in [0.1, 0.15) is 48.8 Å². The van der Waals surface area contributed by atoms with Gasteiger partial charge in [-0.05, 0) is 55.4 Å². The lowest BCUT2D eigenvalue weighted by atomic mass is 9.92. The summed E-state index contributed by atoms with van der Waals surface area (Å²) in [5.74, 6) is 0.802. The topological polar surface area (TPSA) is 76.5 Å². The molecule has 0 radical (unpaired) electrons. The second-order valence-corrected chi connectivity index (χ2v) is 8.90. The van der Waals surface area contributed by atoms with Gasteiger partial charge in [0.2, 0.25) is 0 Å². The van der Waals surface area contributed by atoms with Gasteiger partial charge in [-0.15, -0.1) is 10.2 Å². The van der Waals surface area contributed by atoms with Crippen LogP contribution in [-0.4, -0.2) is 40.2 Å². The van der Waals surface area contributed by atoms with E-state index in [1.165, 1.54) is 0 Å². The average Bonchev–Trinajstić information content (AvgIpc) is 3.60. The van der Waals surface area contributed by atoms with E-state index in [1.807, 2.05) is 0 Å². The second-order valence-electron chi connectivity index (χ2n) is 8.90. The number of aromatic hydroxyl groups is 1. The highest BCUT2D eigenvalue weighted by Gasteiger charge is 2.48. The SMILES string of the molecule is Oc1cc(C2(F)CC2)ccc1-c1nnc(NC2CCOC2)c2c1CC1(CC1)OC2. The van der Waals surface area contributed by atoms with Gasteiger partial charge in [0.05, 0.1) is 24.9 Å². The zero-order chi connectivity index (χ0) is 19.6. The van der Waals surface area contributed by atoms with Crippen molar-refractivity contribution in [2.45, 2.75) is 62.4 Å². The number of ether oxygens (including phenoxy) is 2. The van der Waals surface area contributed by atoms with Gasteiger partial charge in [-0.2, -0.15) is 0 Å². The first kappa shape index (κ1) is 17.6. The smallest absolute Gasteiger partial charge is 0.154 e. The Balaban J connectivity index is 1.41. The number of fused-ring (bicyclic) bond motifs is 1. The molecule has 2 saturated carbocycles. The van der Waals surface area contributed by atoms with Crippen LogP contribution in [0.4, 0.5) is 10.2 Å². The third kappa shape index (κ3) is 2.99. The van der Waals surface area contributed by atoms with E-state index < -0.39 is 5.67 Å². The quantitative estimate of drug-likeness (QED) is 0.821. The van der Waals surface area contributed by atoms with Crippen LogP contribution >= 0.6 is 0 Å². The molecule has 1 atom stereocenters. The number of hydrogen-bond acceptors (Lipinski definition) is 6. The van der Waals surface area contributed by atoms with Gasteiger partial charge in [0.15, 0.2) is 5.82 Å². The number of rotatable bonds is 4. The van der Waals surface area contributed by atoms with Crippen molar-refractivity contribution in [3.63, 3.8) is 0 Å². The van der Waals surface area contributed by atoms with Crippen LogP contribution in [0, 0.1) is 0 Å². The molecule has 2 aromatic rings. The van der Waals surface area contributed by atoms with Crippen molar-refractivity contribution in [1.82, 2.24) is 10.2 Å². The molecule has 1 spiro atoms. The molecular formula is C22H24FN3O3. The molecule has 6 rings (SSSR count). The van der Waals surface area contributed by atoms with Gasteiger partial charge < -0.3 is 19.9 Å². The molecule has 2 aliphatic heterocycles. The van der Waals surface area contributed by atoms with Crippen LogP contribution < -0.4 is 5.32 Å². The normalized spacial score (nSPS) is 25.6. The van der Waals surface area contributed by atoms with Crippen LogP contribution in [0.25, 0.3) is 11.3 Å². The summed E-state index contributed by atoms with van der Waals surface area (Å²) in [4.78, 5) is 0. The number of aromatic nitrogens is 2. The maximum absolute atomic E-state index is 14.4. The van der Waals surface area contributed by atoms with Gasteiger partial charge in [0.25, 0.3) is 0 Å². The Labute approximate surface area is 168 Å². The molecular weight excluding hydrogens is 373 g/mol. The van der Waals surface area contributed by atoms with Crippen LogP contribution in [0.3, 0.4) is 0 Å². The summed E-state index contributed by atoms with van der Waals surface area (Å²) in [6, 6.07) is 5.32. The molecule has 3 fully saturated rings. The second kappa shape index (κ2) is 6.12. The van der Waals surface area contributed by atoms with Crippen LogP contribution in [0.2, 0.25) is 0 Å². The number of alkyl halides is 1. The number of benzene rings is 1. The molecule has 1 aromatic carbocycles. The number of hydrogen-bond donors (Lipinski definition) is 2. The van der Waals surface area contributed by atoms with Gasteiger partial charge >= 0.3 is 0 Å². The van der Waals surface area contributed by atoms with Gasteiger partial charge in [-0.1, -0.05) is 6.07 Å². The molecule has 29 heavy (non-hydrogen) atoms. The standard InChI is InChI=1S/C22H24FN3O3/c23-22(6-7-22)13-1-2-15(18(27)9-13)19-16-10-21(4-5-21)29-12-17(16)20(26-25-19)24-14-3-8-28-11-14/h1-2,9,14,27H,3-8,10-12H2,(H,24,26). The summed E-state index contributed by atoms with van der Waals surface area (Å²) in [5.41, 5.74) is 2.55. The Hall–Kier alpha value is -2.25. The maximum atomic E-state index is 14.4. The van der Waals surface area contributed by atoms with Crippen molar-refractivity contribution in [1.29, 1.82) is 0 Å². The first-order valence-corrected chi connectivity index (χ1v) is 10.4. The molecule has 7 heteroatoms. The molecule has 1 aromatic heterocycles. The minimum absolute atomic E-state index is 0.0594. The van der Waals surface area contributed by atoms with Gasteiger partial charge in [-0.3, -0.25) is 0 Å². The summed E-state index contributed by atoms with van der Waals surface area (Å²) >= 11 is 0. The predicted octanol–water partition coefficient (Wildman–Crippen LogP) is 3.61. The lowest BCUT2D eigenvalue weighted by molar-refractivity contribution is 0.00832. The largest absolute Gasteiger partial charge is 0.507 e. The lowest BCUT2D eigenvalue weighted by Gasteiger charge is -2.28. The van der Waals surface area contributed by atoms with Crippen molar-refractivity contribution in [2.75, 3.05) is 18.5 Å². The number of phenolic OH excluding ortho intramolecular Hbond substituents is 1. The Morgan fingerprint density at radius 2 is 2.00 bits per heavy atom. The van der Waals surface area contributed by atoms with Gasteiger partial charge in [0, 0.05) is 24.2 Å². The molecule has 152 valence electrons. The number of nitrogens with zero attached hydrogens (tertiary/aromatic N) is 2. The van der Waals surface area contributed by atoms with Crippen molar-refractivity contribution in [2.24, 2.45) is 0 Å². The highest BCUT2D eigenvalue weighted by Crippen LogP contribution is 2.52. The molecule has 6 nitrogen and oxygen atoms in total. The van der Waals surface area contributed by atoms with E-state index in [0.717, 1.165) is 49.2 Å². The highest BCUT2D eigenvalue weighted by atomic mass is 19.1. The summed E-state index contributed by atoms with van der Waals surface area (Å²) in [6.45, 7) is 1.90. The number of nitrogens with one attached hydrogen (secondary N) is 1. The van der Waals surface area contributed by atoms with Gasteiger partial charge in [0.1, 0.15) is 17.1 Å². The maximum Gasteiger partial charge on any atom is 0.154 e. The fourth-order valence-electron chi connectivity index (χ4n) is 4.49. The third-order valence-corrected chi connectivity index (χ3v) is 6.75. The van der Waals surface area contributed by atoms with E-state index in [1.54, 1.807) is 18.2 Å². The number of phenols is 1. The molecule has 3 heterocycles. The van der Waals surface area contributed by atoms with Crippen LogP contribution in [-0.2, 0) is 28.2 Å². The fraction of sp³-hybridized carbons (Fsp3) is 0.545. The summed E-state index contributed by atoms with van der Waals surface area (Å²) in [6.07, 6.45) is 4.83. The average molecular weight is 397 g/mol. The zero-order valence-electron chi connectivity index (χ0n) is 16.2. The van der Waals surface area contributed by atoms with Crippen LogP contribution in [0.5, 0.6) is 5.75 Å². The highest BCUT2D eigenvalue weighted by molar-refractivity contribution is 5.73.